The fourth-order valence-corrected chi connectivity index (χ4v) is 6.01. The third kappa shape index (κ3) is 3.50. The van der Waals surface area contributed by atoms with E-state index in [1.54, 1.807) is 13.0 Å². The lowest BCUT2D eigenvalue weighted by atomic mass is 9.55. The van der Waals surface area contributed by atoms with E-state index in [0.29, 0.717) is 12.0 Å². The summed E-state index contributed by atoms with van der Waals surface area (Å²) in [5.74, 6) is -5.09. The molecular weight excluding hydrogens is 448 g/mol. The summed E-state index contributed by atoms with van der Waals surface area (Å²) < 4.78 is 22.7. The number of aliphatic hydroxyl groups excluding tert-OH is 1. The Labute approximate surface area is 196 Å². The number of carbonyl (C=O) groups excluding carboxylic acids is 4. The van der Waals surface area contributed by atoms with Crippen molar-refractivity contribution >= 4 is 23.7 Å². The Kier molecular flexibility index (Phi) is 5.78. The van der Waals surface area contributed by atoms with Crippen LogP contribution in [0.4, 0.5) is 0 Å². The average Bonchev–Trinajstić information content (AvgIpc) is 3.48. The predicted octanol–water partition coefficient (Wildman–Crippen LogP) is 0.384. The smallest absolute Gasteiger partial charge is 0.312 e. The Morgan fingerprint density at radius 3 is 2.47 bits per heavy atom. The minimum atomic E-state index is -2.14. The summed E-state index contributed by atoms with van der Waals surface area (Å²) in [4.78, 5) is 50.4. The van der Waals surface area contributed by atoms with Crippen molar-refractivity contribution in [1.82, 2.24) is 0 Å². The molecule has 2 N–H and O–H groups in total. The van der Waals surface area contributed by atoms with Crippen molar-refractivity contribution < 1.29 is 48.3 Å². The normalized spacial score (nSPS) is 46.7. The quantitative estimate of drug-likeness (QED) is 0.252. The fourth-order valence-electron chi connectivity index (χ4n) is 6.01. The summed E-state index contributed by atoms with van der Waals surface area (Å²) in [5, 5.41) is 22.1. The summed E-state index contributed by atoms with van der Waals surface area (Å²) in [6.07, 6.45) is 1.01. The number of hydrogen-bond acceptors (Lipinski definition) is 10. The van der Waals surface area contributed by atoms with Crippen LogP contribution in [0.5, 0.6) is 0 Å². The maximum Gasteiger partial charge on any atom is 0.312 e. The summed E-state index contributed by atoms with van der Waals surface area (Å²) in [7, 11) is 0. The minimum absolute atomic E-state index is 0.298. The van der Waals surface area contributed by atoms with Crippen LogP contribution in [-0.4, -0.2) is 76.1 Å². The van der Waals surface area contributed by atoms with Crippen LogP contribution >= 0.6 is 0 Å². The summed E-state index contributed by atoms with van der Waals surface area (Å²) >= 11 is 0. The van der Waals surface area contributed by atoms with Crippen molar-refractivity contribution in [2.24, 2.45) is 17.3 Å². The SMILES string of the molecule is CC(=O)OC1[C@@H]2[C@](C)(C=CC(=O)[C@@]2(C)OC(C)=O)[C@H]2O[C@@H]2C/C(CO)=C\[C@@H]2OC(=O)[C@H](C)[C@@]12O. The lowest BCUT2D eigenvalue weighted by Gasteiger charge is -2.53. The number of ether oxygens (including phenoxy) is 4. The largest absolute Gasteiger partial charge is 0.459 e. The molecule has 186 valence electrons. The van der Waals surface area contributed by atoms with E-state index in [0.717, 1.165) is 13.8 Å². The lowest BCUT2D eigenvalue weighted by Crippen LogP contribution is -2.68. The van der Waals surface area contributed by atoms with Gasteiger partial charge in [0.1, 0.15) is 6.10 Å². The molecule has 1 unspecified atom stereocenters. The molecule has 2 aliphatic heterocycles. The molecule has 2 aliphatic carbocycles. The number of rotatable bonds is 3. The number of fused-ring (bicyclic) bond motifs is 4. The summed E-state index contributed by atoms with van der Waals surface area (Å²) in [6, 6.07) is 0. The molecule has 2 heterocycles. The first-order valence-corrected chi connectivity index (χ1v) is 11.3. The van der Waals surface area contributed by atoms with Gasteiger partial charge in [-0.25, -0.2) is 0 Å². The third-order valence-corrected chi connectivity index (χ3v) is 7.75. The molecule has 4 rings (SSSR count). The van der Waals surface area contributed by atoms with E-state index in [2.05, 4.69) is 0 Å². The molecule has 0 aromatic heterocycles. The lowest BCUT2D eigenvalue weighted by molar-refractivity contribution is -0.221. The van der Waals surface area contributed by atoms with Gasteiger partial charge in [0, 0.05) is 19.3 Å². The third-order valence-electron chi connectivity index (χ3n) is 7.75. The molecule has 9 atom stereocenters. The number of epoxide rings is 1. The van der Waals surface area contributed by atoms with Crippen LogP contribution in [0.15, 0.2) is 23.8 Å². The van der Waals surface area contributed by atoms with Crippen LogP contribution in [0.1, 0.15) is 41.0 Å². The van der Waals surface area contributed by atoms with Crippen molar-refractivity contribution in [3.8, 4) is 0 Å². The highest BCUT2D eigenvalue weighted by molar-refractivity contribution is 5.99. The molecule has 0 aromatic carbocycles. The zero-order valence-electron chi connectivity index (χ0n) is 19.8. The van der Waals surface area contributed by atoms with E-state index in [4.69, 9.17) is 18.9 Å². The van der Waals surface area contributed by atoms with Crippen molar-refractivity contribution in [2.45, 2.75) is 76.7 Å². The summed E-state index contributed by atoms with van der Waals surface area (Å²) in [5.41, 5.74) is -4.56. The highest BCUT2D eigenvalue weighted by atomic mass is 16.6. The molecule has 2 fully saturated rings. The highest BCUT2D eigenvalue weighted by Crippen LogP contribution is 2.58. The molecule has 10 heteroatoms. The van der Waals surface area contributed by atoms with E-state index >= 15 is 0 Å². The number of hydrogen-bond donors (Lipinski definition) is 2. The molecule has 4 aliphatic rings. The van der Waals surface area contributed by atoms with Crippen molar-refractivity contribution in [1.29, 1.82) is 0 Å². The maximum atomic E-state index is 13.2. The molecule has 34 heavy (non-hydrogen) atoms. The molecule has 0 bridgehead atoms. The molecule has 2 saturated heterocycles. The Balaban J connectivity index is 2.02. The second-order valence-electron chi connectivity index (χ2n) is 10.0. The second-order valence-corrected chi connectivity index (χ2v) is 10.0. The zero-order valence-corrected chi connectivity index (χ0v) is 19.8. The molecule has 0 amide bonds. The zero-order chi connectivity index (χ0) is 25.2. The number of esters is 3. The van der Waals surface area contributed by atoms with Crippen LogP contribution < -0.4 is 0 Å². The van der Waals surface area contributed by atoms with Gasteiger partial charge >= 0.3 is 17.9 Å². The van der Waals surface area contributed by atoms with E-state index in [1.807, 2.05) is 0 Å². The monoisotopic (exact) mass is 478 g/mol. The average molecular weight is 478 g/mol. The molecule has 0 saturated carbocycles. The van der Waals surface area contributed by atoms with Crippen LogP contribution in [0.2, 0.25) is 0 Å². The Bertz CT molecular complexity index is 1000. The van der Waals surface area contributed by atoms with Gasteiger partial charge in [-0.3, -0.25) is 19.2 Å². The standard InChI is InChI=1S/C24H30O10/c1-11-21(29)33-17-9-14(10-25)8-15-19(32-15)22(4)7-6-16(28)23(5,34-13(3)27)18(22)20(24(11,17)30)31-12(2)26/h6-7,9,11,15,17-20,25,30H,8,10H2,1-5H3/b14-9+/t11-,15+,17-,18+,19-,20?,22-,23+,24-/m0/s1. The van der Waals surface area contributed by atoms with Gasteiger partial charge in [-0.15, -0.1) is 0 Å². The second kappa shape index (κ2) is 8.00. The fraction of sp³-hybridized carbons (Fsp3) is 0.667. The van der Waals surface area contributed by atoms with Gasteiger partial charge in [0.25, 0.3) is 0 Å². The van der Waals surface area contributed by atoms with E-state index in [-0.39, 0.29) is 12.7 Å². The van der Waals surface area contributed by atoms with Crippen molar-refractivity contribution in [3.63, 3.8) is 0 Å². The van der Waals surface area contributed by atoms with Gasteiger partial charge in [0.15, 0.2) is 23.1 Å². The maximum absolute atomic E-state index is 13.2. The molecule has 0 radical (unpaired) electrons. The topological polar surface area (TPSA) is 149 Å². The Morgan fingerprint density at radius 1 is 1.21 bits per heavy atom. The number of carbonyl (C=O) groups is 4. The van der Waals surface area contributed by atoms with Crippen LogP contribution in [0.3, 0.4) is 0 Å². The van der Waals surface area contributed by atoms with Gasteiger partial charge in [0.05, 0.1) is 30.7 Å². The van der Waals surface area contributed by atoms with Gasteiger partial charge in [-0.2, -0.15) is 0 Å². The van der Waals surface area contributed by atoms with Crippen LogP contribution in [-0.2, 0) is 38.1 Å². The van der Waals surface area contributed by atoms with Crippen molar-refractivity contribution in [3.05, 3.63) is 23.8 Å². The Morgan fingerprint density at radius 2 is 1.88 bits per heavy atom. The first-order chi connectivity index (χ1) is 15.8. The predicted molar refractivity (Wildman–Crippen MR) is 114 cm³/mol. The van der Waals surface area contributed by atoms with Gasteiger partial charge < -0.3 is 29.2 Å². The van der Waals surface area contributed by atoms with E-state index < -0.39 is 70.5 Å². The number of aliphatic hydroxyl groups is 2. The van der Waals surface area contributed by atoms with Crippen molar-refractivity contribution in [2.75, 3.05) is 6.61 Å². The van der Waals surface area contributed by atoms with Gasteiger partial charge in [-0.1, -0.05) is 13.0 Å². The highest BCUT2D eigenvalue weighted by Gasteiger charge is 2.72. The van der Waals surface area contributed by atoms with E-state index in [9.17, 15) is 29.4 Å². The molecular formula is C24H30O10. The number of ketones is 1. The summed E-state index contributed by atoms with van der Waals surface area (Å²) in [6.45, 7) is 6.57. The van der Waals surface area contributed by atoms with Gasteiger partial charge in [0.2, 0.25) is 0 Å². The minimum Gasteiger partial charge on any atom is -0.459 e. The first kappa shape index (κ1) is 24.6. The van der Waals surface area contributed by atoms with E-state index in [1.165, 1.54) is 26.0 Å². The molecule has 0 spiro atoms. The van der Waals surface area contributed by atoms with Crippen LogP contribution in [0.25, 0.3) is 0 Å². The Hall–Kier alpha value is -2.56. The van der Waals surface area contributed by atoms with Gasteiger partial charge in [-0.05, 0) is 38.0 Å². The first-order valence-electron chi connectivity index (χ1n) is 11.3. The van der Waals surface area contributed by atoms with Crippen LogP contribution in [0, 0.1) is 17.3 Å². The molecule has 0 aromatic rings. The molecule has 10 nitrogen and oxygen atoms in total.